The Morgan fingerprint density at radius 2 is 1.89 bits per heavy atom. The van der Waals surface area contributed by atoms with E-state index in [-0.39, 0.29) is 23.4 Å². The van der Waals surface area contributed by atoms with E-state index in [1.54, 1.807) is 29.2 Å². The van der Waals surface area contributed by atoms with Gasteiger partial charge in [-0.15, -0.1) is 0 Å². The van der Waals surface area contributed by atoms with Gasteiger partial charge in [0.15, 0.2) is 0 Å². The summed E-state index contributed by atoms with van der Waals surface area (Å²) in [5, 5.41) is 0. The fourth-order valence-electron chi connectivity index (χ4n) is 3.19. The first-order valence-corrected chi connectivity index (χ1v) is 10.4. The molecule has 7 nitrogen and oxygen atoms in total. The SMILES string of the molecule is CN1CCC(N(C)C(=O)c2ccc(S(=O)(=O)NCc3ccco3)cc2)CC1. The van der Waals surface area contributed by atoms with Crippen LogP contribution in [0.3, 0.4) is 0 Å². The molecule has 1 saturated heterocycles. The lowest BCUT2D eigenvalue weighted by Gasteiger charge is -2.35. The maximum Gasteiger partial charge on any atom is 0.253 e. The van der Waals surface area contributed by atoms with Crippen molar-refractivity contribution in [1.82, 2.24) is 14.5 Å². The molecular weight excluding hydrogens is 366 g/mol. The zero-order chi connectivity index (χ0) is 19.4. The number of rotatable bonds is 6. The van der Waals surface area contributed by atoms with Crippen LogP contribution in [0.15, 0.2) is 52.0 Å². The predicted octanol–water partition coefficient (Wildman–Crippen LogP) is 1.92. The number of piperidine rings is 1. The van der Waals surface area contributed by atoms with Gasteiger partial charge in [0.25, 0.3) is 5.91 Å². The number of nitrogens with zero attached hydrogens (tertiary/aromatic N) is 2. The van der Waals surface area contributed by atoms with Crippen molar-refractivity contribution in [2.24, 2.45) is 0 Å². The fraction of sp³-hybridized carbons (Fsp3) is 0.421. The van der Waals surface area contributed by atoms with Crippen LogP contribution in [-0.4, -0.2) is 57.4 Å². The quantitative estimate of drug-likeness (QED) is 0.814. The lowest BCUT2D eigenvalue weighted by molar-refractivity contribution is 0.0659. The van der Waals surface area contributed by atoms with E-state index in [2.05, 4.69) is 16.7 Å². The number of carbonyl (C=O) groups excluding carboxylic acids is 1. The molecule has 0 radical (unpaired) electrons. The lowest BCUT2D eigenvalue weighted by Crippen LogP contribution is -2.44. The second kappa shape index (κ2) is 8.24. The average Bonchev–Trinajstić information content (AvgIpc) is 3.20. The van der Waals surface area contributed by atoms with Gasteiger partial charge >= 0.3 is 0 Å². The number of carbonyl (C=O) groups is 1. The molecule has 0 bridgehead atoms. The number of hydrogen-bond acceptors (Lipinski definition) is 5. The van der Waals surface area contributed by atoms with Gasteiger partial charge in [0.2, 0.25) is 10.0 Å². The van der Waals surface area contributed by atoms with Crippen LogP contribution in [0.25, 0.3) is 0 Å². The first kappa shape index (κ1) is 19.6. The molecule has 1 amide bonds. The van der Waals surface area contributed by atoms with Crippen LogP contribution in [0.4, 0.5) is 0 Å². The molecule has 2 aromatic rings. The number of amides is 1. The third kappa shape index (κ3) is 4.77. The van der Waals surface area contributed by atoms with Crippen LogP contribution in [0.2, 0.25) is 0 Å². The third-order valence-corrected chi connectivity index (χ3v) is 6.40. The zero-order valence-electron chi connectivity index (χ0n) is 15.6. The minimum atomic E-state index is -3.67. The Morgan fingerprint density at radius 1 is 1.22 bits per heavy atom. The van der Waals surface area contributed by atoms with Gasteiger partial charge in [-0.05, 0) is 69.4 Å². The molecule has 1 fully saturated rings. The van der Waals surface area contributed by atoms with Gasteiger partial charge in [0.1, 0.15) is 5.76 Å². The van der Waals surface area contributed by atoms with Crippen LogP contribution in [0.1, 0.15) is 29.0 Å². The minimum Gasteiger partial charge on any atom is -0.468 e. The number of hydrogen-bond donors (Lipinski definition) is 1. The summed E-state index contributed by atoms with van der Waals surface area (Å²) in [6.07, 6.45) is 3.38. The van der Waals surface area contributed by atoms with E-state index in [0.717, 1.165) is 25.9 Å². The summed E-state index contributed by atoms with van der Waals surface area (Å²) >= 11 is 0. The van der Waals surface area contributed by atoms with Crippen LogP contribution in [-0.2, 0) is 16.6 Å². The van der Waals surface area contributed by atoms with E-state index < -0.39 is 10.0 Å². The minimum absolute atomic E-state index is 0.0783. The van der Waals surface area contributed by atoms with Gasteiger partial charge in [-0.3, -0.25) is 4.79 Å². The van der Waals surface area contributed by atoms with E-state index in [0.29, 0.717) is 11.3 Å². The molecule has 146 valence electrons. The van der Waals surface area contributed by atoms with Crippen LogP contribution < -0.4 is 4.72 Å². The summed E-state index contributed by atoms with van der Waals surface area (Å²) in [6.45, 7) is 2.02. The molecule has 27 heavy (non-hydrogen) atoms. The van der Waals surface area contributed by atoms with Crippen molar-refractivity contribution in [3.05, 3.63) is 54.0 Å². The van der Waals surface area contributed by atoms with E-state index in [9.17, 15) is 13.2 Å². The van der Waals surface area contributed by atoms with Crippen molar-refractivity contribution in [2.45, 2.75) is 30.3 Å². The van der Waals surface area contributed by atoms with Gasteiger partial charge in [0, 0.05) is 18.7 Å². The lowest BCUT2D eigenvalue weighted by atomic mass is 10.0. The number of sulfonamides is 1. The molecule has 1 aromatic carbocycles. The molecule has 8 heteroatoms. The molecule has 1 aromatic heterocycles. The van der Waals surface area contributed by atoms with Crippen LogP contribution in [0.5, 0.6) is 0 Å². The van der Waals surface area contributed by atoms with Crippen LogP contribution in [0, 0.1) is 0 Å². The van der Waals surface area contributed by atoms with E-state index in [4.69, 9.17) is 4.42 Å². The first-order valence-electron chi connectivity index (χ1n) is 8.94. The highest BCUT2D eigenvalue weighted by molar-refractivity contribution is 7.89. The molecule has 1 aliphatic heterocycles. The zero-order valence-corrected chi connectivity index (χ0v) is 16.4. The predicted molar refractivity (Wildman–Crippen MR) is 102 cm³/mol. The summed E-state index contributed by atoms with van der Waals surface area (Å²) in [5.41, 5.74) is 0.487. The Kier molecular flexibility index (Phi) is 5.98. The smallest absolute Gasteiger partial charge is 0.253 e. The van der Waals surface area contributed by atoms with Crippen molar-refractivity contribution >= 4 is 15.9 Å². The van der Waals surface area contributed by atoms with Crippen molar-refractivity contribution in [2.75, 3.05) is 27.2 Å². The average molecular weight is 391 g/mol. The maximum absolute atomic E-state index is 12.7. The normalized spacial score (nSPS) is 16.4. The van der Waals surface area contributed by atoms with Crippen molar-refractivity contribution in [3.8, 4) is 0 Å². The van der Waals surface area contributed by atoms with Crippen molar-refractivity contribution in [3.63, 3.8) is 0 Å². The molecule has 3 rings (SSSR count). The number of benzene rings is 1. The van der Waals surface area contributed by atoms with E-state index >= 15 is 0 Å². The van der Waals surface area contributed by atoms with Crippen molar-refractivity contribution < 1.29 is 17.6 Å². The third-order valence-electron chi connectivity index (χ3n) is 4.98. The van der Waals surface area contributed by atoms with Gasteiger partial charge < -0.3 is 14.2 Å². The molecule has 0 spiro atoms. The largest absolute Gasteiger partial charge is 0.468 e. The topological polar surface area (TPSA) is 82.9 Å². The van der Waals surface area contributed by atoms with Gasteiger partial charge in [-0.1, -0.05) is 0 Å². The monoisotopic (exact) mass is 391 g/mol. The second-order valence-corrected chi connectivity index (χ2v) is 8.65. The van der Waals surface area contributed by atoms with Gasteiger partial charge in [-0.25, -0.2) is 13.1 Å². The molecule has 1 N–H and O–H groups in total. The standard InChI is InChI=1S/C19H25N3O4S/c1-21-11-9-16(10-12-21)22(2)19(23)15-5-7-18(8-6-15)27(24,25)20-14-17-4-3-13-26-17/h3-8,13,16,20H,9-12,14H2,1-2H3. The maximum atomic E-state index is 12.7. The molecule has 0 saturated carbocycles. The van der Waals surface area contributed by atoms with Gasteiger partial charge in [0.05, 0.1) is 17.7 Å². The highest BCUT2D eigenvalue weighted by atomic mass is 32.2. The summed E-state index contributed by atoms with van der Waals surface area (Å²) in [7, 11) is 0.228. The number of furan rings is 1. The first-order chi connectivity index (χ1) is 12.9. The van der Waals surface area contributed by atoms with Crippen molar-refractivity contribution in [1.29, 1.82) is 0 Å². The van der Waals surface area contributed by atoms with Gasteiger partial charge in [-0.2, -0.15) is 0 Å². The summed E-state index contributed by atoms with van der Waals surface area (Å²) in [6, 6.07) is 9.66. The van der Waals surface area contributed by atoms with E-state index in [1.165, 1.54) is 18.4 Å². The molecule has 1 aliphatic rings. The Labute approximate surface area is 160 Å². The summed E-state index contributed by atoms with van der Waals surface area (Å²) < 4.78 is 32.3. The Bertz CT molecular complexity index is 855. The number of likely N-dealkylation sites (tertiary alicyclic amines) is 1. The fourth-order valence-corrected chi connectivity index (χ4v) is 4.18. The highest BCUT2D eigenvalue weighted by Gasteiger charge is 2.25. The summed E-state index contributed by atoms with van der Waals surface area (Å²) in [4.78, 5) is 16.8. The summed E-state index contributed by atoms with van der Waals surface area (Å²) in [5.74, 6) is 0.446. The highest BCUT2D eigenvalue weighted by Crippen LogP contribution is 2.18. The molecule has 2 heterocycles. The molecule has 0 atom stereocenters. The molecular formula is C19H25N3O4S. The Morgan fingerprint density at radius 3 is 2.48 bits per heavy atom. The second-order valence-electron chi connectivity index (χ2n) is 6.88. The van der Waals surface area contributed by atoms with E-state index in [1.807, 2.05) is 7.05 Å². The molecule has 0 aliphatic carbocycles. The van der Waals surface area contributed by atoms with Crippen LogP contribution >= 0.6 is 0 Å². The number of nitrogens with one attached hydrogen (secondary N) is 1. The molecule has 0 unspecified atom stereocenters. The Balaban J connectivity index is 1.64. The Hall–Kier alpha value is -2.16.